The number of carbonyl (C=O) groups is 1. The third-order valence-electron chi connectivity index (χ3n) is 3.54. The SMILES string of the molecule is CCC(=O)Oc1ccc(-n2nnc(-c3ccccc3)c2C)cc1. The van der Waals surface area contributed by atoms with Crippen molar-refractivity contribution in [2.75, 3.05) is 0 Å². The molecule has 3 rings (SSSR count). The molecular weight excluding hydrogens is 290 g/mol. The van der Waals surface area contributed by atoms with Gasteiger partial charge < -0.3 is 4.74 Å². The van der Waals surface area contributed by atoms with E-state index in [1.165, 1.54) is 0 Å². The van der Waals surface area contributed by atoms with Gasteiger partial charge in [0.15, 0.2) is 0 Å². The van der Waals surface area contributed by atoms with Crippen LogP contribution in [-0.4, -0.2) is 21.0 Å². The zero-order chi connectivity index (χ0) is 16.2. The second kappa shape index (κ2) is 6.44. The maximum absolute atomic E-state index is 11.3. The lowest BCUT2D eigenvalue weighted by molar-refractivity contribution is -0.134. The number of aromatic nitrogens is 3. The molecule has 23 heavy (non-hydrogen) atoms. The van der Waals surface area contributed by atoms with Gasteiger partial charge in [-0.05, 0) is 31.2 Å². The van der Waals surface area contributed by atoms with E-state index in [4.69, 9.17) is 4.74 Å². The molecule has 0 bridgehead atoms. The second-order valence-corrected chi connectivity index (χ2v) is 5.12. The zero-order valence-corrected chi connectivity index (χ0v) is 13.1. The highest BCUT2D eigenvalue weighted by Gasteiger charge is 2.12. The number of hydrogen-bond acceptors (Lipinski definition) is 4. The number of benzene rings is 2. The van der Waals surface area contributed by atoms with Gasteiger partial charge in [0, 0.05) is 12.0 Å². The Morgan fingerprint density at radius 2 is 1.78 bits per heavy atom. The monoisotopic (exact) mass is 307 g/mol. The molecule has 5 heteroatoms. The topological polar surface area (TPSA) is 57.0 Å². The predicted molar refractivity (Wildman–Crippen MR) is 87.5 cm³/mol. The number of nitrogens with zero attached hydrogens (tertiary/aromatic N) is 3. The number of ether oxygens (including phenoxy) is 1. The molecule has 116 valence electrons. The van der Waals surface area contributed by atoms with Crippen molar-refractivity contribution in [1.29, 1.82) is 0 Å². The normalized spacial score (nSPS) is 10.5. The second-order valence-electron chi connectivity index (χ2n) is 5.12. The average molecular weight is 307 g/mol. The van der Waals surface area contributed by atoms with E-state index < -0.39 is 0 Å². The Morgan fingerprint density at radius 1 is 1.09 bits per heavy atom. The summed E-state index contributed by atoms with van der Waals surface area (Å²) < 4.78 is 6.95. The average Bonchev–Trinajstić information content (AvgIpc) is 2.98. The predicted octanol–water partition coefficient (Wildman–Crippen LogP) is 3.56. The van der Waals surface area contributed by atoms with E-state index in [1.54, 1.807) is 23.7 Å². The van der Waals surface area contributed by atoms with Gasteiger partial charge >= 0.3 is 5.97 Å². The van der Waals surface area contributed by atoms with Crippen molar-refractivity contribution in [3.05, 3.63) is 60.3 Å². The summed E-state index contributed by atoms with van der Waals surface area (Å²) in [7, 11) is 0. The highest BCUT2D eigenvalue weighted by Crippen LogP contribution is 2.23. The summed E-state index contributed by atoms with van der Waals surface area (Å²) in [5, 5.41) is 8.50. The molecule has 1 aromatic heterocycles. The van der Waals surface area contributed by atoms with Gasteiger partial charge in [-0.25, -0.2) is 4.68 Å². The van der Waals surface area contributed by atoms with Gasteiger partial charge in [-0.2, -0.15) is 0 Å². The molecule has 0 aliphatic heterocycles. The lowest BCUT2D eigenvalue weighted by Gasteiger charge is -2.06. The number of hydrogen-bond donors (Lipinski definition) is 0. The maximum atomic E-state index is 11.3. The quantitative estimate of drug-likeness (QED) is 0.546. The summed E-state index contributed by atoms with van der Waals surface area (Å²) in [6.07, 6.45) is 0.352. The van der Waals surface area contributed by atoms with Crippen LogP contribution in [0.5, 0.6) is 5.75 Å². The van der Waals surface area contributed by atoms with Crippen molar-refractivity contribution < 1.29 is 9.53 Å². The van der Waals surface area contributed by atoms with Crippen molar-refractivity contribution in [2.45, 2.75) is 20.3 Å². The molecule has 5 nitrogen and oxygen atoms in total. The fourth-order valence-electron chi connectivity index (χ4n) is 2.30. The van der Waals surface area contributed by atoms with Crippen molar-refractivity contribution >= 4 is 5.97 Å². The van der Waals surface area contributed by atoms with E-state index in [9.17, 15) is 4.79 Å². The molecule has 0 radical (unpaired) electrons. The van der Waals surface area contributed by atoms with Gasteiger partial charge in [-0.15, -0.1) is 5.10 Å². The van der Waals surface area contributed by atoms with Crippen LogP contribution in [0.25, 0.3) is 16.9 Å². The van der Waals surface area contributed by atoms with Crippen LogP contribution in [0.4, 0.5) is 0 Å². The minimum atomic E-state index is -0.249. The lowest BCUT2D eigenvalue weighted by atomic mass is 10.1. The Hall–Kier alpha value is -2.95. The molecule has 0 spiro atoms. The minimum Gasteiger partial charge on any atom is -0.427 e. The Labute approximate surface area is 134 Å². The van der Waals surface area contributed by atoms with Gasteiger partial charge in [0.05, 0.1) is 11.4 Å². The van der Waals surface area contributed by atoms with Crippen molar-refractivity contribution in [3.63, 3.8) is 0 Å². The summed E-state index contributed by atoms with van der Waals surface area (Å²) >= 11 is 0. The molecule has 0 aliphatic rings. The fraction of sp³-hybridized carbons (Fsp3) is 0.167. The van der Waals surface area contributed by atoms with Crippen LogP contribution in [-0.2, 0) is 4.79 Å². The van der Waals surface area contributed by atoms with Crippen LogP contribution >= 0.6 is 0 Å². The van der Waals surface area contributed by atoms with Crippen LogP contribution in [0.15, 0.2) is 54.6 Å². The molecule has 0 aliphatic carbocycles. The van der Waals surface area contributed by atoms with Crippen molar-refractivity contribution in [3.8, 4) is 22.7 Å². The minimum absolute atomic E-state index is 0.249. The standard InChI is InChI=1S/C18H17N3O2/c1-3-17(22)23-16-11-9-15(10-12-16)21-13(2)18(19-20-21)14-7-5-4-6-8-14/h4-12H,3H2,1-2H3. The van der Waals surface area contributed by atoms with E-state index in [1.807, 2.05) is 49.4 Å². The van der Waals surface area contributed by atoms with E-state index in [0.29, 0.717) is 12.2 Å². The highest BCUT2D eigenvalue weighted by atomic mass is 16.5. The molecule has 0 unspecified atom stereocenters. The molecule has 0 atom stereocenters. The number of rotatable bonds is 4. The maximum Gasteiger partial charge on any atom is 0.310 e. The van der Waals surface area contributed by atoms with Crippen molar-refractivity contribution in [2.24, 2.45) is 0 Å². The van der Waals surface area contributed by atoms with Gasteiger partial charge in [0.2, 0.25) is 0 Å². The lowest BCUT2D eigenvalue weighted by Crippen LogP contribution is -2.05. The Bertz CT molecular complexity index is 808. The molecule has 0 amide bonds. The summed E-state index contributed by atoms with van der Waals surface area (Å²) in [6, 6.07) is 17.2. The molecule has 3 aromatic rings. The van der Waals surface area contributed by atoms with Gasteiger partial charge in [0.25, 0.3) is 0 Å². The number of esters is 1. The van der Waals surface area contributed by atoms with E-state index >= 15 is 0 Å². The van der Waals surface area contributed by atoms with E-state index in [-0.39, 0.29) is 5.97 Å². The van der Waals surface area contributed by atoms with Crippen LogP contribution < -0.4 is 4.74 Å². The first-order chi connectivity index (χ1) is 11.2. The Morgan fingerprint density at radius 3 is 2.43 bits per heavy atom. The largest absolute Gasteiger partial charge is 0.427 e. The Kier molecular flexibility index (Phi) is 4.19. The fourth-order valence-corrected chi connectivity index (χ4v) is 2.30. The third kappa shape index (κ3) is 3.13. The summed E-state index contributed by atoms with van der Waals surface area (Å²) in [6.45, 7) is 3.74. The van der Waals surface area contributed by atoms with Crippen LogP contribution in [0.1, 0.15) is 19.0 Å². The first-order valence-electron chi connectivity index (χ1n) is 7.48. The molecule has 0 fully saturated rings. The van der Waals surface area contributed by atoms with Crippen LogP contribution in [0, 0.1) is 6.92 Å². The van der Waals surface area contributed by atoms with Gasteiger partial charge in [-0.1, -0.05) is 42.5 Å². The molecule has 1 heterocycles. The van der Waals surface area contributed by atoms with Crippen LogP contribution in [0.2, 0.25) is 0 Å². The first-order valence-corrected chi connectivity index (χ1v) is 7.48. The molecule has 0 N–H and O–H groups in total. The van der Waals surface area contributed by atoms with E-state index in [0.717, 1.165) is 22.6 Å². The molecule has 2 aromatic carbocycles. The summed E-state index contributed by atoms with van der Waals surface area (Å²) in [5.74, 6) is 0.280. The summed E-state index contributed by atoms with van der Waals surface area (Å²) in [5.41, 5.74) is 3.71. The first kappa shape index (κ1) is 15.0. The number of carbonyl (C=O) groups excluding carboxylic acids is 1. The molecular formula is C18H17N3O2. The third-order valence-corrected chi connectivity index (χ3v) is 3.54. The molecule has 0 saturated carbocycles. The van der Waals surface area contributed by atoms with Gasteiger partial charge in [-0.3, -0.25) is 4.79 Å². The zero-order valence-electron chi connectivity index (χ0n) is 13.1. The van der Waals surface area contributed by atoms with Crippen molar-refractivity contribution in [1.82, 2.24) is 15.0 Å². The molecule has 0 saturated heterocycles. The Balaban J connectivity index is 1.88. The van der Waals surface area contributed by atoms with Crippen LogP contribution in [0.3, 0.4) is 0 Å². The summed E-state index contributed by atoms with van der Waals surface area (Å²) in [4.78, 5) is 11.3. The smallest absolute Gasteiger partial charge is 0.310 e. The highest BCUT2D eigenvalue weighted by molar-refractivity contribution is 5.72. The van der Waals surface area contributed by atoms with E-state index in [2.05, 4.69) is 10.3 Å². The van der Waals surface area contributed by atoms with Gasteiger partial charge in [0.1, 0.15) is 11.4 Å².